The highest BCUT2D eigenvalue weighted by atomic mass is 16.5. The lowest BCUT2D eigenvalue weighted by atomic mass is 10.2. The number of hydrogen-bond acceptors (Lipinski definition) is 7. The van der Waals surface area contributed by atoms with Gasteiger partial charge in [-0.2, -0.15) is 4.98 Å². The molecule has 7 heteroatoms. The molecule has 2 aromatic heterocycles. The Bertz CT molecular complexity index is 551. The SMILES string of the molecule is COc1cnccc1-c1nc(C2CNCCO2)no1. The number of methoxy groups -OCH3 is 1. The molecule has 7 nitrogen and oxygen atoms in total. The topological polar surface area (TPSA) is 82.3 Å². The lowest BCUT2D eigenvalue weighted by Gasteiger charge is -2.20. The number of pyridine rings is 1. The first-order valence-electron chi connectivity index (χ1n) is 6.03. The Morgan fingerprint density at radius 2 is 2.42 bits per heavy atom. The molecule has 100 valence electrons. The lowest BCUT2D eigenvalue weighted by molar-refractivity contribution is 0.0208. The summed E-state index contributed by atoms with van der Waals surface area (Å²) in [5.41, 5.74) is 0.722. The monoisotopic (exact) mass is 262 g/mol. The number of rotatable bonds is 3. The number of nitrogens with one attached hydrogen (secondary N) is 1. The van der Waals surface area contributed by atoms with Crippen LogP contribution in [-0.2, 0) is 4.74 Å². The Kier molecular flexibility index (Phi) is 3.39. The third kappa shape index (κ3) is 2.42. The van der Waals surface area contributed by atoms with Crippen LogP contribution >= 0.6 is 0 Å². The van der Waals surface area contributed by atoms with Crippen LogP contribution in [0.3, 0.4) is 0 Å². The van der Waals surface area contributed by atoms with E-state index in [1.165, 1.54) is 0 Å². The van der Waals surface area contributed by atoms with Gasteiger partial charge in [-0.25, -0.2) is 0 Å². The van der Waals surface area contributed by atoms with Crippen LogP contribution in [0.4, 0.5) is 0 Å². The average molecular weight is 262 g/mol. The van der Waals surface area contributed by atoms with E-state index in [2.05, 4.69) is 20.4 Å². The highest BCUT2D eigenvalue weighted by Gasteiger charge is 2.22. The molecule has 1 aliphatic heterocycles. The molecule has 0 amide bonds. The predicted octanol–water partition coefficient (Wildman–Crippen LogP) is 0.801. The molecule has 1 fully saturated rings. The third-order valence-electron chi connectivity index (χ3n) is 2.89. The van der Waals surface area contributed by atoms with Gasteiger partial charge in [0.1, 0.15) is 11.9 Å². The summed E-state index contributed by atoms with van der Waals surface area (Å²) in [5.74, 6) is 1.55. The van der Waals surface area contributed by atoms with Gasteiger partial charge in [0, 0.05) is 19.3 Å². The fraction of sp³-hybridized carbons (Fsp3) is 0.417. The second-order valence-corrected chi connectivity index (χ2v) is 4.10. The van der Waals surface area contributed by atoms with Crippen LogP contribution in [0, 0.1) is 0 Å². The maximum Gasteiger partial charge on any atom is 0.261 e. The second kappa shape index (κ2) is 5.33. The molecule has 0 radical (unpaired) electrons. The zero-order chi connectivity index (χ0) is 13.1. The van der Waals surface area contributed by atoms with E-state index in [1.54, 1.807) is 25.6 Å². The molecule has 19 heavy (non-hydrogen) atoms. The number of hydrogen-bond donors (Lipinski definition) is 1. The van der Waals surface area contributed by atoms with Crippen molar-refractivity contribution in [2.24, 2.45) is 0 Å². The van der Waals surface area contributed by atoms with Gasteiger partial charge in [0.05, 0.1) is 25.5 Å². The van der Waals surface area contributed by atoms with E-state index in [-0.39, 0.29) is 6.10 Å². The molecule has 3 rings (SSSR count). The van der Waals surface area contributed by atoms with Crippen molar-refractivity contribution < 1.29 is 14.0 Å². The van der Waals surface area contributed by atoms with Gasteiger partial charge >= 0.3 is 0 Å². The molecule has 2 aromatic rings. The molecule has 1 N–H and O–H groups in total. The van der Waals surface area contributed by atoms with E-state index in [4.69, 9.17) is 14.0 Å². The van der Waals surface area contributed by atoms with Crippen LogP contribution in [0.1, 0.15) is 11.9 Å². The van der Waals surface area contributed by atoms with Crippen molar-refractivity contribution in [3.05, 3.63) is 24.3 Å². The molecule has 3 heterocycles. The average Bonchev–Trinajstić information content (AvgIpc) is 2.98. The summed E-state index contributed by atoms with van der Waals surface area (Å²) in [7, 11) is 1.58. The van der Waals surface area contributed by atoms with Gasteiger partial charge in [0.2, 0.25) is 5.82 Å². The van der Waals surface area contributed by atoms with Crippen LogP contribution in [0.5, 0.6) is 5.75 Å². The van der Waals surface area contributed by atoms with Gasteiger partial charge in [0.25, 0.3) is 5.89 Å². The van der Waals surface area contributed by atoms with E-state index >= 15 is 0 Å². The summed E-state index contributed by atoms with van der Waals surface area (Å²) >= 11 is 0. The molecule has 1 aliphatic rings. The molecular weight excluding hydrogens is 248 g/mol. The quantitative estimate of drug-likeness (QED) is 0.876. The standard InChI is InChI=1S/C12H14N4O3/c1-17-9-6-13-3-2-8(9)12-15-11(16-19-12)10-7-14-4-5-18-10/h2-3,6,10,14H,4-5,7H2,1H3. The predicted molar refractivity (Wildman–Crippen MR) is 65.6 cm³/mol. The van der Waals surface area contributed by atoms with E-state index < -0.39 is 0 Å². The van der Waals surface area contributed by atoms with Crippen LogP contribution in [-0.4, -0.2) is 41.9 Å². The zero-order valence-corrected chi connectivity index (χ0v) is 10.5. The Morgan fingerprint density at radius 1 is 1.47 bits per heavy atom. The molecule has 1 saturated heterocycles. The van der Waals surface area contributed by atoms with Crippen LogP contribution < -0.4 is 10.1 Å². The minimum atomic E-state index is -0.168. The van der Waals surface area contributed by atoms with Crippen molar-refractivity contribution in [1.29, 1.82) is 0 Å². The Hall–Kier alpha value is -1.99. The van der Waals surface area contributed by atoms with Crippen molar-refractivity contribution in [3.8, 4) is 17.2 Å². The van der Waals surface area contributed by atoms with E-state index in [9.17, 15) is 0 Å². The van der Waals surface area contributed by atoms with Crippen molar-refractivity contribution in [2.45, 2.75) is 6.10 Å². The van der Waals surface area contributed by atoms with Crippen molar-refractivity contribution in [2.75, 3.05) is 26.8 Å². The Morgan fingerprint density at radius 3 is 3.21 bits per heavy atom. The molecule has 0 bridgehead atoms. The largest absolute Gasteiger partial charge is 0.494 e. The van der Waals surface area contributed by atoms with Gasteiger partial charge in [-0.3, -0.25) is 4.98 Å². The fourth-order valence-electron chi connectivity index (χ4n) is 1.93. The first-order chi connectivity index (χ1) is 9.38. The molecule has 1 unspecified atom stereocenters. The molecular formula is C12H14N4O3. The summed E-state index contributed by atoms with van der Waals surface area (Å²) < 4.78 is 16.1. The first-order valence-corrected chi connectivity index (χ1v) is 6.03. The highest BCUT2D eigenvalue weighted by molar-refractivity contribution is 5.61. The fourth-order valence-corrected chi connectivity index (χ4v) is 1.93. The van der Waals surface area contributed by atoms with Crippen LogP contribution in [0.2, 0.25) is 0 Å². The minimum Gasteiger partial charge on any atom is -0.494 e. The summed E-state index contributed by atoms with van der Waals surface area (Å²) in [5, 5.41) is 7.19. The van der Waals surface area contributed by atoms with Crippen LogP contribution in [0.15, 0.2) is 23.0 Å². The number of morpholine rings is 1. The van der Waals surface area contributed by atoms with Gasteiger partial charge in [0.15, 0.2) is 0 Å². The minimum absolute atomic E-state index is 0.168. The van der Waals surface area contributed by atoms with E-state index in [0.29, 0.717) is 30.6 Å². The van der Waals surface area contributed by atoms with Crippen molar-refractivity contribution in [1.82, 2.24) is 20.4 Å². The summed E-state index contributed by atoms with van der Waals surface area (Å²) in [6.45, 7) is 2.18. The summed E-state index contributed by atoms with van der Waals surface area (Å²) in [4.78, 5) is 8.35. The van der Waals surface area contributed by atoms with Crippen molar-refractivity contribution >= 4 is 0 Å². The van der Waals surface area contributed by atoms with Gasteiger partial charge in [-0.05, 0) is 6.07 Å². The smallest absolute Gasteiger partial charge is 0.261 e. The normalized spacial score (nSPS) is 19.3. The third-order valence-corrected chi connectivity index (χ3v) is 2.89. The summed E-state index contributed by atoms with van der Waals surface area (Å²) in [6, 6.07) is 1.77. The van der Waals surface area contributed by atoms with E-state index in [1.807, 2.05) is 0 Å². The molecule has 0 saturated carbocycles. The molecule has 0 aliphatic carbocycles. The number of aromatic nitrogens is 3. The number of ether oxygens (including phenoxy) is 2. The van der Waals surface area contributed by atoms with Gasteiger partial charge in [-0.15, -0.1) is 0 Å². The van der Waals surface area contributed by atoms with Crippen LogP contribution in [0.25, 0.3) is 11.5 Å². The molecule has 0 spiro atoms. The number of nitrogens with zero attached hydrogens (tertiary/aromatic N) is 3. The van der Waals surface area contributed by atoms with Gasteiger partial charge < -0.3 is 19.3 Å². The lowest BCUT2D eigenvalue weighted by Crippen LogP contribution is -2.33. The van der Waals surface area contributed by atoms with Crippen molar-refractivity contribution in [3.63, 3.8) is 0 Å². The molecule has 1 atom stereocenters. The van der Waals surface area contributed by atoms with E-state index in [0.717, 1.165) is 12.1 Å². The molecule has 0 aromatic carbocycles. The maximum absolute atomic E-state index is 5.58. The highest BCUT2D eigenvalue weighted by Crippen LogP contribution is 2.28. The Labute approximate surface area is 109 Å². The Balaban J connectivity index is 1.88. The maximum atomic E-state index is 5.58. The first kappa shape index (κ1) is 12.1. The summed E-state index contributed by atoms with van der Waals surface area (Å²) in [6.07, 6.45) is 3.09. The van der Waals surface area contributed by atoms with Gasteiger partial charge in [-0.1, -0.05) is 5.16 Å². The zero-order valence-electron chi connectivity index (χ0n) is 10.5. The second-order valence-electron chi connectivity index (χ2n) is 4.10.